The summed E-state index contributed by atoms with van der Waals surface area (Å²) in [6, 6.07) is 5.97. The normalized spacial score (nSPS) is 27.8. The third-order valence-corrected chi connectivity index (χ3v) is 12.9. The highest BCUT2D eigenvalue weighted by Gasteiger charge is 2.85. The predicted molar refractivity (Wildman–Crippen MR) is 194 cm³/mol. The van der Waals surface area contributed by atoms with E-state index in [-0.39, 0.29) is 36.8 Å². The number of nitrogens with one attached hydrogen (secondary N) is 1. The quantitative estimate of drug-likeness (QED) is 0.138. The Morgan fingerprint density at radius 2 is 1.67 bits per heavy atom. The molecule has 2 amide bonds. The van der Waals surface area contributed by atoms with E-state index >= 15 is 0 Å². The molecule has 0 spiro atoms. The van der Waals surface area contributed by atoms with E-state index in [1.54, 1.807) is 11.9 Å². The van der Waals surface area contributed by atoms with Gasteiger partial charge in [0.1, 0.15) is 19.0 Å². The Kier molecular flexibility index (Phi) is 14.3. The smallest absolute Gasteiger partial charge is 0.435 e. The molecule has 1 aliphatic heterocycles. The Balaban J connectivity index is 1.09. The number of likely N-dealkylation sites (N-methyl/N-ethyl adjacent to an activating group) is 3. The molecule has 4 aliphatic rings. The van der Waals surface area contributed by atoms with E-state index in [4.69, 9.17) is 21.9 Å². The van der Waals surface area contributed by atoms with Crippen LogP contribution in [0, 0.1) is 17.3 Å². The molecule has 7 atom stereocenters. The van der Waals surface area contributed by atoms with Crippen LogP contribution >= 0.6 is 0 Å². The molecule has 0 aromatic heterocycles. The van der Waals surface area contributed by atoms with Gasteiger partial charge in [0.15, 0.2) is 0 Å². The topological polar surface area (TPSA) is 92.8 Å². The van der Waals surface area contributed by atoms with Crippen LogP contribution in [-0.2, 0) is 25.3 Å². The zero-order valence-corrected chi connectivity index (χ0v) is 32.9. The van der Waals surface area contributed by atoms with E-state index in [0.717, 1.165) is 43.4 Å². The van der Waals surface area contributed by atoms with Crippen molar-refractivity contribution in [1.82, 2.24) is 20.0 Å². The number of carbonyl (C=O) groups is 2. The molecule has 3 radical (unpaired) electrons. The minimum Gasteiger partial charge on any atom is -0.490 e. The Morgan fingerprint density at radius 3 is 2.33 bits per heavy atom. The Bertz CT molecular complexity index is 1550. The standard InChI is InChI=1S/C37H50B2F9N4O6/c1-33-12-11-27-26-8-6-24(55-15-16-56-32(54)49-19-23-18-25(58-39-38)20-51(23)3)17-22(26)5-7-28(27)29(33)9-10-30(33)52(4)31(53)21-50(2)13-14-57-34(35(40,41)42,36(43,44)45)37(46,47)48/h6,8,17,23,25,27-30H,5,7,9-16,18-21H2,1-4H3,(H,49,54)/t23?,25?,27?,28?,29?,30-,33-/m0/s1. The van der Waals surface area contributed by atoms with Gasteiger partial charge in [-0.15, -0.1) is 0 Å². The molecule has 10 nitrogen and oxygen atoms in total. The van der Waals surface area contributed by atoms with Gasteiger partial charge in [-0.25, -0.2) is 4.79 Å². The minimum atomic E-state index is -6.82. The van der Waals surface area contributed by atoms with Crippen LogP contribution in [0.1, 0.15) is 62.5 Å². The molecule has 5 rings (SSSR count). The summed E-state index contributed by atoms with van der Waals surface area (Å²) in [7, 11) is 11.3. The summed E-state index contributed by atoms with van der Waals surface area (Å²) in [5.74, 6) is 1.17. The van der Waals surface area contributed by atoms with Crippen molar-refractivity contribution in [1.29, 1.82) is 0 Å². The molecule has 0 bridgehead atoms. The van der Waals surface area contributed by atoms with Gasteiger partial charge in [0, 0.05) is 38.8 Å². The van der Waals surface area contributed by atoms with Crippen LogP contribution in [0.25, 0.3) is 0 Å². The number of carbonyl (C=O) groups excluding carboxylic acids is 2. The monoisotopic (exact) mass is 839 g/mol. The molecule has 3 fully saturated rings. The first-order valence-electron chi connectivity index (χ1n) is 19.4. The van der Waals surface area contributed by atoms with E-state index in [1.807, 2.05) is 19.2 Å². The highest BCUT2D eigenvalue weighted by atomic mass is 19.4. The van der Waals surface area contributed by atoms with Crippen molar-refractivity contribution >= 4 is 27.1 Å². The summed E-state index contributed by atoms with van der Waals surface area (Å²) in [5, 5.41) is 2.78. The van der Waals surface area contributed by atoms with Gasteiger partial charge in [-0.3, -0.25) is 14.6 Å². The van der Waals surface area contributed by atoms with E-state index in [9.17, 15) is 49.1 Å². The fourth-order valence-electron chi connectivity index (χ4n) is 9.96. The van der Waals surface area contributed by atoms with Crippen LogP contribution in [0.3, 0.4) is 0 Å². The van der Waals surface area contributed by atoms with Gasteiger partial charge in [-0.05, 0) is 105 Å². The maximum atomic E-state index is 13.4. The average Bonchev–Trinajstić information content (AvgIpc) is 3.66. The summed E-state index contributed by atoms with van der Waals surface area (Å²) in [6.45, 7) is 0.714. The molecule has 1 aromatic carbocycles. The van der Waals surface area contributed by atoms with Crippen LogP contribution in [0.2, 0.25) is 0 Å². The molecular formula is C37H50B2F9N4O6. The average molecular weight is 839 g/mol. The van der Waals surface area contributed by atoms with Crippen LogP contribution < -0.4 is 10.1 Å². The largest absolute Gasteiger partial charge is 0.490 e. The number of alkyl carbamates (subject to hydrolysis) is 1. The highest BCUT2D eigenvalue weighted by molar-refractivity contribution is 6.85. The molecule has 3 aliphatic carbocycles. The second-order valence-electron chi connectivity index (χ2n) is 16.3. The lowest BCUT2D eigenvalue weighted by Crippen LogP contribution is -2.68. The van der Waals surface area contributed by atoms with Crippen molar-refractivity contribution < 1.29 is 68.0 Å². The van der Waals surface area contributed by atoms with Crippen molar-refractivity contribution in [2.24, 2.45) is 17.3 Å². The predicted octanol–water partition coefficient (Wildman–Crippen LogP) is 5.64. The maximum absolute atomic E-state index is 13.4. The Morgan fingerprint density at radius 1 is 0.983 bits per heavy atom. The fraction of sp³-hybridized carbons (Fsp3) is 0.784. The summed E-state index contributed by atoms with van der Waals surface area (Å²) in [5.41, 5.74) is -4.15. The zero-order valence-electron chi connectivity index (χ0n) is 32.9. The van der Waals surface area contributed by atoms with E-state index in [0.29, 0.717) is 43.0 Å². The number of rotatable bonds is 15. The first kappa shape index (κ1) is 46.2. The van der Waals surface area contributed by atoms with Gasteiger partial charge in [-0.1, -0.05) is 13.0 Å². The third kappa shape index (κ3) is 9.51. The van der Waals surface area contributed by atoms with Gasteiger partial charge in [0.25, 0.3) is 0 Å². The SMILES string of the molecule is [B][B]OC1CC(CNC(=O)OCCOc2ccc3c(c2)CCC2C3CC[C@@]3(C)C2CC[C@@H]3N(C)C(=O)CN(C)CCOC(C(F)(F)F)(C(F)(F)F)C(F)(F)F)N(C)C1. The van der Waals surface area contributed by atoms with Crippen LogP contribution in [-0.4, -0.2) is 151 Å². The molecule has 5 unspecified atom stereocenters. The molecule has 2 saturated carbocycles. The van der Waals surface area contributed by atoms with E-state index in [1.165, 1.54) is 25.5 Å². The molecule has 1 N–H and O–H groups in total. The lowest BCUT2D eigenvalue weighted by molar-refractivity contribution is -0.457. The van der Waals surface area contributed by atoms with Gasteiger partial charge in [-0.2, -0.15) is 39.5 Å². The second-order valence-corrected chi connectivity index (χ2v) is 16.3. The zero-order chi connectivity index (χ0) is 42.8. The van der Waals surface area contributed by atoms with Gasteiger partial charge < -0.3 is 29.1 Å². The number of amides is 2. The number of aryl methyl sites for hydroxylation is 1. The summed E-state index contributed by atoms with van der Waals surface area (Å²) < 4.78 is 139. The number of fused-ring (bicyclic) bond motifs is 5. The lowest BCUT2D eigenvalue weighted by Gasteiger charge is -2.52. The number of likely N-dealkylation sites (tertiary alicyclic amines) is 1. The molecule has 1 aromatic rings. The second kappa shape index (κ2) is 18.0. The van der Waals surface area contributed by atoms with Gasteiger partial charge in [0.2, 0.25) is 13.3 Å². The first-order valence-corrected chi connectivity index (χ1v) is 19.4. The Labute approximate surface area is 334 Å². The molecule has 58 heavy (non-hydrogen) atoms. The van der Waals surface area contributed by atoms with Gasteiger partial charge in [0.05, 0.1) is 27.0 Å². The number of alkyl halides is 9. The molecule has 1 saturated heterocycles. The maximum Gasteiger partial charge on any atom is 0.435 e. The van der Waals surface area contributed by atoms with Gasteiger partial charge >= 0.3 is 30.2 Å². The van der Waals surface area contributed by atoms with Crippen molar-refractivity contribution in [2.45, 2.75) is 100 Å². The third-order valence-electron chi connectivity index (χ3n) is 12.9. The summed E-state index contributed by atoms with van der Waals surface area (Å²) >= 11 is 0. The highest BCUT2D eigenvalue weighted by Crippen LogP contribution is 2.62. The van der Waals surface area contributed by atoms with Crippen molar-refractivity contribution in [3.05, 3.63) is 29.3 Å². The van der Waals surface area contributed by atoms with Crippen LogP contribution in [0.15, 0.2) is 18.2 Å². The van der Waals surface area contributed by atoms with Crippen molar-refractivity contribution in [3.63, 3.8) is 0 Å². The molecule has 323 valence electrons. The van der Waals surface area contributed by atoms with E-state index in [2.05, 4.69) is 27.9 Å². The van der Waals surface area contributed by atoms with Crippen molar-refractivity contribution in [3.8, 4) is 5.75 Å². The number of hydrogen-bond donors (Lipinski definition) is 1. The van der Waals surface area contributed by atoms with Crippen LogP contribution in [0.5, 0.6) is 5.75 Å². The molecular weight excluding hydrogens is 789 g/mol. The number of benzene rings is 1. The number of ether oxygens (including phenoxy) is 3. The van der Waals surface area contributed by atoms with Crippen molar-refractivity contribution in [2.75, 3.05) is 67.1 Å². The summed E-state index contributed by atoms with van der Waals surface area (Å²) in [4.78, 5) is 30.3. The summed E-state index contributed by atoms with van der Waals surface area (Å²) in [6.07, 6.45) is -15.3. The Hall–Kier alpha value is -2.90. The fourth-order valence-corrected chi connectivity index (χ4v) is 9.96. The molecule has 21 heteroatoms. The minimum absolute atomic E-state index is 0.0188. The first-order chi connectivity index (χ1) is 27.0. The number of nitrogens with zero attached hydrogens (tertiary/aromatic N) is 3. The van der Waals surface area contributed by atoms with E-state index < -0.39 is 55.8 Å². The number of halogens is 9. The lowest BCUT2D eigenvalue weighted by atomic mass is 9.55. The number of hydrogen-bond acceptors (Lipinski definition) is 8. The molecule has 1 heterocycles. The van der Waals surface area contributed by atoms with Crippen LogP contribution in [0.4, 0.5) is 44.3 Å².